The Morgan fingerprint density at radius 3 is 2.53 bits per heavy atom. The number of halogens is 1. The first kappa shape index (κ1) is 12.9. The van der Waals surface area contributed by atoms with E-state index < -0.39 is 0 Å². The molecule has 0 aromatic heterocycles. The van der Waals surface area contributed by atoms with Crippen molar-refractivity contribution >= 4 is 15.9 Å². The van der Waals surface area contributed by atoms with E-state index in [9.17, 15) is 0 Å². The Kier molecular flexibility index (Phi) is 4.00. The predicted octanol–water partition coefficient (Wildman–Crippen LogP) is 4.79. The maximum absolute atomic E-state index is 3.69. The zero-order chi connectivity index (χ0) is 13.1. The highest BCUT2D eigenvalue weighted by Crippen LogP contribution is 2.36. The van der Waals surface area contributed by atoms with Crippen LogP contribution >= 0.6 is 15.9 Å². The fourth-order valence-corrected chi connectivity index (χ4v) is 3.48. The lowest BCUT2D eigenvalue weighted by Crippen LogP contribution is -2.22. The Morgan fingerprint density at radius 1 is 1.00 bits per heavy atom. The number of hydrogen-bond acceptors (Lipinski definition) is 1. The summed E-state index contributed by atoms with van der Waals surface area (Å²) in [7, 11) is 0. The van der Waals surface area contributed by atoms with E-state index in [2.05, 4.69) is 75.4 Å². The quantitative estimate of drug-likeness (QED) is 0.787. The van der Waals surface area contributed by atoms with E-state index in [0.29, 0.717) is 6.04 Å². The van der Waals surface area contributed by atoms with Crippen LogP contribution in [-0.2, 0) is 6.54 Å². The lowest BCUT2D eigenvalue weighted by Gasteiger charge is -2.25. The zero-order valence-electron chi connectivity index (χ0n) is 10.9. The van der Waals surface area contributed by atoms with Crippen LogP contribution in [0.2, 0.25) is 0 Å². The lowest BCUT2D eigenvalue weighted by molar-refractivity contribution is 0.248. The summed E-state index contributed by atoms with van der Waals surface area (Å²) < 4.78 is 1.24. The number of hydrogen-bond donors (Lipinski definition) is 0. The summed E-state index contributed by atoms with van der Waals surface area (Å²) in [6, 6.07) is 19.9. The van der Waals surface area contributed by atoms with Crippen molar-refractivity contribution in [2.75, 3.05) is 6.54 Å². The fraction of sp³-hybridized carbons (Fsp3) is 0.294. The van der Waals surface area contributed by atoms with Gasteiger partial charge < -0.3 is 0 Å². The monoisotopic (exact) mass is 315 g/mol. The predicted molar refractivity (Wildman–Crippen MR) is 83.0 cm³/mol. The molecule has 1 unspecified atom stereocenters. The number of nitrogens with zero attached hydrogens (tertiary/aromatic N) is 1. The van der Waals surface area contributed by atoms with Crippen LogP contribution in [0, 0.1) is 0 Å². The van der Waals surface area contributed by atoms with Gasteiger partial charge in [-0.05, 0) is 36.6 Å². The molecule has 0 radical (unpaired) electrons. The van der Waals surface area contributed by atoms with Crippen LogP contribution in [0.3, 0.4) is 0 Å². The average molecular weight is 316 g/mol. The van der Waals surface area contributed by atoms with Crippen LogP contribution in [0.4, 0.5) is 0 Å². The second-order valence-corrected chi connectivity index (χ2v) is 5.99. The Bertz CT molecular complexity index is 538. The topological polar surface area (TPSA) is 3.24 Å². The maximum atomic E-state index is 3.69. The minimum Gasteiger partial charge on any atom is -0.292 e. The highest BCUT2D eigenvalue weighted by atomic mass is 79.9. The van der Waals surface area contributed by atoms with Crippen LogP contribution in [-0.4, -0.2) is 11.4 Å². The first-order valence-corrected chi connectivity index (χ1v) is 7.66. The molecule has 1 heterocycles. The molecule has 0 amide bonds. The highest BCUT2D eigenvalue weighted by molar-refractivity contribution is 9.10. The molecular weight excluding hydrogens is 298 g/mol. The van der Waals surface area contributed by atoms with Gasteiger partial charge in [0.1, 0.15) is 0 Å². The van der Waals surface area contributed by atoms with E-state index in [-0.39, 0.29) is 0 Å². The third-order valence-electron chi connectivity index (χ3n) is 3.86. The molecule has 1 nitrogen and oxygen atoms in total. The molecule has 98 valence electrons. The molecule has 1 aliphatic rings. The normalized spacial score (nSPS) is 19.7. The average Bonchev–Trinajstić information content (AvgIpc) is 2.88. The summed E-state index contributed by atoms with van der Waals surface area (Å²) in [5, 5.41) is 0. The summed E-state index contributed by atoms with van der Waals surface area (Å²) in [5.41, 5.74) is 2.83. The van der Waals surface area contributed by atoms with Crippen LogP contribution in [0.25, 0.3) is 0 Å². The first-order chi connectivity index (χ1) is 9.34. The molecule has 0 bridgehead atoms. The summed E-state index contributed by atoms with van der Waals surface area (Å²) in [6.45, 7) is 2.24. The molecular formula is C17H18BrN. The maximum Gasteiger partial charge on any atom is 0.0363 e. The summed E-state index contributed by atoms with van der Waals surface area (Å²) in [6.07, 6.45) is 2.55. The van der Waals surface area contributed by atoms with E-state index in [1.165, 1.54) is 35.0 Å². The van der Waals surface area contributed by atoms with Gasteiger partial charge in [-0.25, -0.2) is 0 Å². The minimum absolute atomic E-state index is 0.552. The first-order valence-electron chi connectivity index (χ1n) is 6.87. The number of rotatable bonds is 3. The van der Waals surface area contributed by atoms with Crippen molar-refractivity contribution in [2.45, 2.75) is 25.4 Å². The largest absolute Gasteiger partial charge is 0.292 e. The summed E-state index contributed by atoms with van der Waals surface area (Å²) in [4.78, 5) is 2.59. The molecule has 0 N–H and O–H groups in total. The smallest absolute Gasteiger partial charge is 0.0363 e. The van der Waals surface area contributed by atoms with Crippen molar-refractivity contribution in [3.05, 3.63) is 70.2 Å². The van der Waals surface area contributed by atoms with Crippen molar-refractivity contribution in [3.8, 4) is 0 Å². The van der Waals surface area contributed by atoms with Crippen molar-refractivity contribution in [1.82, 2.24) is 4.90 Å². The Hall–Kier alpha value is -1.12. The molecule has 1 aliphatic heterocycles. The molecule has 19 heavy (non-hydrogen) atoms. The van der Waals surface area contributed by atoms with Crippen LogP contribution in [0.15, 0.2) is 59.1 Å². The molecule has 0 aliphatic carbocycles. The molecule has 1 atom stereocenters. The molecule has 1 fully saturated rings. The molecule has 1 saturated heterocycles. The molecule has 2 aromatic rings. The van der Waals surface area contributed by atoms with Gasteiger partial charge in [-0.15, -0.1) is 0 Å². The van der Waals surface area contributed by atoms with Crippen molar-refractivity contribution < 1.29 is 0 Å². The van der Waals surface area contributed by atoms with Gasteiger partial charge in [0.2, 0.25) is 0 Å². The molecule has 0 spiro atoms. The highest BCUT2D eigenvalue weighted by Gasteiger charge is 2.26. The number of likely N-dealkylation sites (tertiary alicyclic amines) is 1. The van der Waals surface area contributed by atoms with Gasteiger partial charge >= 0.3 is 0 Å². The van der Waals surface area contributed by atoms with Gasteiger partial charge in [-0.2, -0.15) is 0 Å². The van der Waals surface area contributed by atoms with E-state index in [1.54, 1.807) is 0 Å². The molecule has 2 heteroatoms. The third-order valence-corrected chi connectivity index (χ3v) is 4.58. The van der Waals surface area contributed by atoms with E-state index in [4.69, 9.17) is 0 Å². The van der Waals surface area contributed by atoms with E-state index in [1.807, 2.05) is 0 Å². The summed E-state index contributed by atoms with van der Waals surface area (Å²) >= 11 is 3.69. The fourth-order valence-electron chi connectivity index (χ4n) is 2.93. The second-order valence-electron chi connectivity index (χ2n) is 5.14. The van der Waals surface area contributed by atoms with Crippen LogP contribution < -0.4 is 0 Å². The van der Waals surface area contributed by atoms with E-state index in [0.717, 1.165) is 6.54 Å². The standard InChI is InChI=1S/C17H18BrN/c18-16-10-5-4-9-15(16)17-11-6-12-19(17)13-14-7-2-1-3-8-14/h1-5,7-10,17H,6,11-13H2. The Morgan fingerprint density at radius 2 is 1.74 bits per heavy atom. The third kappa shape index (κ3) is 2.90. The molecule has 2 aromatic carbocycles. The van der Waals surface area contributed by atoms with Crippen molar-refractivity contribution in [2.24, 2.45) is 0 Å². The van der Waals surface area contributed by atoms with Crippen LogP contribution in [0.1, 0.15) is 30.0 Å². The SMILES string of the molecule is Brc1ccccc1C1CCCN1Cc1ccccc1. The van der Waals surface area contributed by atoms with Crippen molar-refractivity contribution in [1.29, 1.82) is 0 Å². The lowest BCUT2D eigenvalue weighted by atomic mass is 10.0. The molecule has 3 rings (SSSR count). The Labute approximate surface area is 123 Å². The van der Waals surface area contributed by atoms with Gasteiger partial charge in [0.05, 0.1) is 0 Å². The van der Waals surface area contributed by atoms with Crippen LogP contribution in [0.5, 0.6) is 0 Å². The minimum atomic E-state index is 0.552. The zero-order valence-corrected chi connectivity index (χ0v) is 12.5. The molecule has 0 saturated carbocycles. The Balaban J connectivity index is 1.81. The summed E-state index contributed by atoms with van der Waals surface area (Å²) in [5.74, 6) is 0. The van der Waals surface area contributed by atoms with Gasteiger partial charge in [-0.3, -0.25) is 4.90 Å². The van der Waals surface area contributed by atoms with E-state index >= 15 is 0 Å². The second kappa shape index (κ2) is 5.89. The van der Waals surface area contributed by atoms with Crippen molar-refractivity contribution in [3.63, 3.8) is 0 Å². The van der Waals surface area contributed by atoms with Gasteiger partial charge in [-0.1, -0.05) is 64.5 Å². The van der Waals surface area contributed by atoms with Gasteiger partial charge in [0, 0.05) is 17.1 Å². The van der Waals surface area contributed by atoms with Gasteiger partial charge in [0.15, 0.2) is 0 Å². The van der Waals surface area contributed by atoms with Gasteiger partial charge in [0.25, 0.3) is 0 Å². The number of benzene rings is 2.